The summed E-state index contributed by atoms with van der Waals surface area (Å²) in [5.74, 6) is -0.931. The van der Waals surface area contributed by atoms with Crippen molar-refractivity contribution in [3.05, 3.63) is 67.8 Å². The van der Waals surface area contributed by atoms with E-state index in [9.17, 15) is 18.0 Å². The number of aromatic nitrogens is 1. The van der Waals surface area contributed by atoms with E-state index in [4.69, 9.17) is 0 Å². The van der Waals surface area contributed by atoms with Gasteiger partial charge in [-0.15, -0.1) is 22.7 Å². The molecular weight excluding hydrogens is 432 g/mol. The van der Waals surface area contributed by atoms with Gasteiger partial charge < -0.3 is 0 Å². The van der Waals surface area contributed by atoms with Crippen molar-refractivity contribution >= 4 is 44.5 Å². The largest absolute Gasteiger partial charge is 0.281 e. The van der Waals surface area contributed by atoms with E-state index in [0.29, 0.717) is 20.5 Å². The second-order valence-corrected chi connectivity index (χ2v) is 9.84. The maximum atomic E-state index is 12.4. The summed E-state index contributed by atoms with van der Waals surface area (Å²) >= 11 is 2.31. The van der Waals surface area contributed by atoms with Crippen LogP contribution in [0.2, 0.25) is 0 Å². The molecule has 2 heterocycles. The molecule has 0 aliphatic rings. The fraction of sp³-hybridized carbons (Fsp3) is 0.167. The van der Waals surface area contributed by atoms with E-state index in [2.05, 4.69) is 20.6 Å². The number of hydrogen-bond acceptors (Lipinski definition) is 7. The number of hydrogen-bond donors (Lipinski definition) is 3. The monoisotopic (exact) mass is 450 g/mol. The Morgan fingerprint density at radius 1 is 1.03 bits per heavy atom. The van der Waals surface area contributed by atoms with Crippen LogP contribution < -0.4 is 15.6 Å². The molecule has 1 aromatic carbocycles. The minimum absolute atomic E-state index is 0.0451. The highest BCUT2D eigenvalue weighted by molar-refractivity contribution is 7.89. The summed E-state index contributed by atoms with van der Waals surface area (Å²) in [6.45, 7) is 3.47. The minimum Gasteiger partial charge on any atom is -0.266 e. The molecule has 0 bridgehead atoms. The normalized spacial score (nSPS) is 11.2. The molecule has 0 unspecified atom stereocenters. The number of thiophene rings is 1. The van der Waals surface area contributed by atoms with Gasteiger partial charge in [0.1, 0.15) is 9.88 Å². The van der Waals surface area contributed by atoms with Gasteiger partial charge in [-0.1, -0.05) is 23.8 Å². The maximum absolute atomic E-state index is 12.4. The van der Waals surface area contributed by atoms with Crippen LogP contribution >= 0.6 is 22.7 Å². The number of nitrogens with zero attached hydrogens (tertiary/aromatic N) is 1. The lowest BCUT2D eigenvalue weighted by molar-refractivity contribution is 0.0850. The first kappa shape index (κ1) is 21.1. The maximum Gasteiger partial charge on any atom is 0.281 e. The Balaban J connectivity index is 1.61. The molecule has 2 amide bonds. The van der Waals surface area contributed by atoms with Gasteiger partial charge in [-0.2, -0.15) is 0 Å². The number of nitrogens with one attached hydrogen (secondary N) is 3. The summed E-state index contributed by atoms with van der Waals surface area (Å²) in [6, 6.07) is 9.87. The molecule has 0 aliphatic carbocycles. The Morgan fingerprint density at radius 3 is 2.38 bits per heavy atom. The van der Waals surface area contributed by atoms with Gasteiger partial charge in [-0.3, -0.25) is 20.4 Å². The van der Waals surface area contributed by atoms with Gasteiger partial charge in [0.05, 0.1) is 22.0 Å². The van der Waals surface area contributed by atoms with E-state index in [1.807, 2.05) is 6.92 Å². The van der Waals surface area contributed by atoms with Crippen LogP contribution in [0.1, 0.15) is 35.6 Å². The number of benzene rings is 1. The first-order valence-corrected chi connectivity index (χ1v) is 11.6. The van der Waals surface area contributed by atoms with Crippen molar-refractivity contribution in [2.45, 2.75) is 25.3 Å². The second-order valence-electron chi connectivity index (χ2n) is 6.05. The molecule has 3 rings (SSSR count). The molecule has 0 atom stereocenters. The lowest BCUT2D eigenvalue weighted by atomic mass is 10.2. The third kappa shape index (κ3) is 5.26. The highest BCUT2D eigenvalue weighted by Crippen LogP contribution is 2.19. The van der Waals surface area contributed by atoms with E-state index in [-0.39, 0.29) is 11.4 Å². The number of thiazole rings is 1. The zero-order valence-electron chi connectivity index (χ0n) is 15.6. The van der Waals surface area contributed by atoms with Crippen molar-refractivity contribution in [1.82, 2.24) is 20.6 Å². The lowest BCUT2D eigenvalue weighted by Crippen LogP contribution is -2.41. The zero-order valence-corrected chi connectivity index (χ0v) is 18.0. The van der Waals surface area contributed by atoms with Crippen LogP contribution in [0.5, 0.6) is 0 Å². The SMILES string of the molecule is Cc1ccc(S(=O)(=O)NCc2nc(C)c(C(=O)NNC(=O)c3cccs3)s2)cc1. The standard InChI is InChI=1S/C18H18N4O4S3/c1-11-5-7-13(8-6-11)29(25,26)19-10-15-20-12(2)16(28-15)18(24)22-21-17(23)14-4-3-9-27-14/h3-9,19H,10H2,1-2H3,(H,21,23)(H,22,24). The van der Waals surface area contributed by atoms with Crippen molar-refractivity contribution in [3.63, 3.8) is 0 Å². The summed E-state index contributed by atoms with van der Waals surface area (Å²) in [7, 11) is -3.69. The van der Waals surface area contributed by atoms with Gasteiger partial charge >= 0.3 is 0 Å². The first-order chi connectivity index (χ1) is 13.8. The fourth-order valence-corrected chi connectivity index (χ4v) is 4.93. The molecule has 0 spiro atoms. The Bertz CT molecular complexity index is 1120. The average molecular weight is 451 g/mol. The van der Waals surface area contributed by atoms with Gasteiger partial charge in [0.25, 0.3) is 11.8 Å². The van der Waals surface area contributed by atoms with Gasteiger partial charge in [0.15, 0.2) is 0 Å². The van der Waals surface area contributed by atoms with Gasteiger partial charge in [-0.05, 0) is 37.4 Å². The lowest BCUT2D eigenvalue weighted by Gasteiger charge is -2.05. The smallest absolute Gasteiger partial charge is 0.266 e. The van der Waals surface area contributed by atoms with Crippen LogP contribution in [0.25, 0.3) is 0 Å². The highest BCUT2D eigenvalue weighted by Gasteiger charge is 2.19. The van der Waals surface area contributed by atoms with Crippen molar-refractivity contribution in [3.8, 4) is 0 Å². The molecule has 0 saturated heterocycles. The molecule has 11 heteroatoms. The summed E-state index contributed by atoms with van der Waals surface area (Å²) in [5, 5.41) is 2.20. The topological polar surface area (TPSA) is 117 Å². The number of sulfonamides is 1. The Kier molecular flexibility index (Phi) is 6.42. The van der Waals surface area contributed by atoms with E-state index >= 15 is 0 Å². The molecule has 0 radical (unpaired) electrons. The zero-order chi connectivity index (χ0) is 21.0. The summed E-state index contributed by atoms with van der Waals surface area (Å²) in [5.41, 5.74) is 6.09. The van der Waals surface area contributed by atoms with Gasteiger partial charge in [-0.25, -0.2) is 18.1 Å². The van der Waals surface area contributed by atoms with Crippen LogP contribution in [-0.2, 0) is 16.6 Å². The molecule has 29 heavy (non-hydrogen) atoms. The molecule has 0 aliphatic heterocycles. The number of carbonyl (C=O) groups excluding carboxylic acids is 2. The number of carbonyl (C=O) groups is 2. The molecular formula is C18H18N4O4S3. The highest BCUT2D eigenvalue weighted by atomic mass is 32.2. The quantitative estimate of drug-likeness (QED) is 0.499. The number of hydrazine groups is 1. The van der Waals surface area contributed by atoms with E-state index < -0.39 is 21.8 Å². The van der Waals surface area contributed by atoms with E-state index in [1.54, 1.807) is 36.6 Å². The number of aryl methyl sites for hydroxylation is 2. The molecule has 3 N–H and O–H groups in total. The average Bonchev–Trinajstić information content (AvgIpc) is 3.34. The molecule has 3 aromatic rings. The fourth-order valence-electron chi connectivity index (χ4n) is 2.34. The second kappa shape index (κ2) is 8.82. The molecule has 0 saturated carbocycles. The van der Waals surface area contributed by atoms with Crippen molar-refractivity contribution in [2.75, 3.05) is 0 Å². The summed E-state index contributed by atoms with van der Waals surface area (Å²) in [4.78, 5) is 29.4. The number of rotatable bonds is 6. The Labute approximate surface area is 176 Å². The van der Waals surface area contributed by atoms with Crippen molar-refractivity contribution < 1.29 is 18.0 Å². The van der Waals surface area contributed by atoms with Crippen molar-refractivity contribution in [2.24, 2.45) is 0 Å². The molecule has 8 nitrogen and oxygen atoms in total. The minimum atomic E-state index is -3.69. The van der Waals surface area contributed by atoms with Crippen LogP contribution in [0, 0.1) is 13.8 Å². The van der Waals surface area contributed by atoms with Gasteiger partial charge in [0, 0.05) is 0 Å². The van der Waals surface area contributed by atoms with E-state index in [1.165, 1.54) is 23.5 Å². The third-order valence-electron chi connectivity index (χ3n) is 3.83. The van der Waals surface area contributed by atoms with Crippen LogP contribution in [0.15, 0.2) is 46.7 Å². The van der Waals surface area contributed by atoms with Crippen molar-refractivity contribution in [1.29, 1.82) is 0 Å². The predicted molar refractivity (Wildman–Crippen MR) is 111 cm³/mol. The predicted octanol–water partition coefficient (Wildman–Crippen LogP) is 2.37. The van der Waals surface area contributed by atoms with Crippen LogP contribution in [0.3, 0.4) is 0 Å². The summed E-state index contributed by atoms with van der Waals surface area (Å²) < 4.78 is 27.2. The Morgan fingerprint density at radius 2 is 1.72 bits per heavy atom. The van der Waals surface area contributed by atoms with E-state index in [0.717, 1.165) is 16.9 Å². The first-order valence-electron chi connectivity index (χ1n) is 8.43. The van der Waals surface area contributed by atoms with Gasteiger partial charge in [0.2, 0.25) is 10.0 Å². The molecule has 0 fully saturated rings. The number of amides is 2. The third-order valence-corrected chi connectivity index (χ3v) is 7.27. The van der Waals surface area contributed by atoms with Crippen LogP contribution in [0.4, 0.5) is 0 Å². The Hall–Kier alpha value is -2.60. The molecule has 2 aromatic heterocycles. The molecule has 152 valence electrons. The summed E-state index contributed by atoms with van der Waals surface area (Å²) in [6.07, 6.45) is 0. The van der Waals surface area contributed by atoms with Crippen LogP contribution in [-0.4, -0.2) is 25.2 Å².